The van der Waals surface area contributed by atoms with E-state index >= 15 is 0 Å². The van der Waals surface area contributed by atoms with Crippen molar-refractivity contribution >= 4 is 46.2 Å². The van der Waals surface area contributed by atoms with Crippen LogP contribution in [0.3, 0.4) is 0 Å². The van der Waals surface area contributed by atoms with Crippen molar-refractivity contribution in [2.24, 2.45) is 0 Å². The molecule has 0 spiro atoms. The Hall–Kier alpha value is -2.15. The lowest BCUT2D eigenvalue weighted by molar-refractivity contribution is -0.117. The van der Waals surface area contributed by atoms with Gasteiger partial charge >= 0.3 is 0 Å². The number of benzene rings is 2. The summed E-state index contributed by atoms with van der Waals surface area (Å²) in [5.74, 6) is -0.729. The molecule has 2 aromatic rings. The van der Waals surface area contributed by atoms with Gasteiger partial charge in [0.25, 0.3) is 11.8 Å². The molecule has 1 aliphatic heterocycles. The highest BCUT2D eigenvalue weighted by Crippen LogP contribution is 2.22. The van der Waals surface area contributed by atoms with E-state index in [-0.39, 0.29) is 17.4 Å². The van der Waals surface area contributed by atoms with E-state index in [2.05, 4.69) is 28.0 Å². The van der Waals surface area contributed by atoms with Gasteiger partial charge in [-0.15, -0.1) is 0 Å². The Kier molecular flexibility index (Phi) is 3.74. The summed E-state index contributed by atoms with van der Waals surface area (Å²) in [6, 6.07) is 16.7. The van der Waals surface area contributed by atoms with Crippen molar-refractivity contribution in [3.05, 3.63) is 69.3 Å². The molecule has 1 N–H and O–H groups in total. The molecular weight excluding hydrogens is 379 g/mol. The average Bonchev–Trinajstić information content (AvgIpc) is 2.77. The quantitative estimate of drug-likeness (QED) is 0.487. The molecule has 1 heterocycles. The van der Waals surface area contributed by atoms with Crippen LogP contribution >= 0.6 is 22.6 Å². The molecule has 104 valence electrons. The molecular formula is C16H11IN2O2. The van der Waals surface area contributed by atoms with Gasteiger partial charge in [0.1, 0.15) is 5.57 Å². The van der Waals surface area contributed by atoms with Crippen molar-refractivity contribution in [3.63, 3.8) is 0 Å². The van der Waals surface area contributed by atoms with Gasteiger partial charge < -0.3 is 0 Å². The van der Waals surface area contributed by atoms with Crippen LogP contribution in [0.5, 0.6) is 0 Å². The SMILES string of the molecule is O=C1NN(c2ccc(I)cc2)C(=O)/C1=C/c1ccccc1. The first-order valence-electron chi connectivity index (χ1n) is 6.33. The molecule has 0 unspecified atom stereocenters. The van der Waals surface area contributed by atoms with E-state index in [9.17, 15) is 9.59 Å². The van der Waals surface area contributed by atoms with Crippen molar-refractivity contribution < 1.29 is 9.59 Å². The Labute approximate surface area is 135 Å². The minimum absolute atomic E-state index is 0.139. The Morgan fingerprint density at radius 2 is 1.62 bits per heavy atom. The van der Waals surface area contributed by atoms with Gasteiger partial charge in [0, 0.05) is 3.57 Å². The van der Waals surface area contributed by atoms with Gasteiger partial charge in [0.2, 0.25) is 0 Å². The fraction of sp³-hybridized carbons (Fsp3) is 0. The van der Waals surface area contributed by atoms with Crippen LogP contribution in [-0.2, 0) is 9.59 Å². The van der Waals surface area contributed by atoms with Crippen molar-refractivity contribution in [1.29, 1.82) is 0 Å². The predicted octanol–water partition coefficient (Wildman–Crippen LogP) is 2.75. The summed E-state index contributed by atoms with van der Waals surface area (Å²) in [7, 11) is 0. The number of nitrogens with one attached hydrogen (secondary N) is 1. The number of amides is 2. The summed E-state index contributed by atoms with van der Waals surface area (Å²) in [5, 5.41) is 1.27. The van der Waals surface area contributed by atoms with Crippen LogP contribution in [0.2, 0.25) is 0 Å². The summed E-state index contributed by atoms with van der Waals surface area (Å²) >= 11 is 2.19. The largest absolute Gasteiger partial charge is 0.282 e. The van der Waals surface area contributed by atoms with E-state index in [0.29, 0.717) is 5.69 Å². The zero-order valence-corrected chi connectivity index (χ0v) is 13.1. The van der Waals surface area contributed by atoms with Crippen LogP contribution in [0.1, 0.15) is 5.56 Å². The van der Waals surface area contributed by atoms with Gasteiger partial charge in [-0.1, -0.05) is 30.3 Å². The maximum absolute atomic E-state index is 12.4. The average molecular weight is 390 g/mol. The Balaban J connectivity index is 1.92. The molecule has 4 nitrogen and oxygen atoms in total. The number of carbonyl (C=O) groups excluding carboxylic acids is 2. The first-order chi connectivity index (χ1) is 10.1. The maximum atomic E-state index is 12.4. The zero-order valence-electron chi connectivity index (χ0n) is 10.9. The fourth-order valence-corrected chi connectivity index (χ4v) is 2.40. The second-order valence-corrected chi connectivity index (χ2v) is 5.77. The third-order valence-corrected chi connectivity index (χ3v) is 3.81. The molecule has 0 radical (unpaired) electrons. The molecule has 0 aromatic heterocycles. The molecule has 1 fully saturated rings. The predicted molar refractivity (Wildman–Crippen MR) is 89.2 cm³/mol. The van der Waals surface area contributed by atoms with Crippen molar-refractivity contribution in [3.8, 4) is 0 Å². The maximum Gasteiger partial charge on any atom is 0.282 e. The van der Waals surface area contributed by atoms with Crippen molar-refractivity contribution in [1.82, 2.24) is 5.43 Å². The summed E-state index contributed by atoms with van der Waals surface area (Å²) in [6.07, 6.45) is 1.60. The lowest BCUT2D eigenvalue weighted by atomic mass is 10.1. The standard InChI is InChI=1S/C16H11IN2O2/c17-12-6-8-13(9-7-12)19-16(21)14(15(20)18-19)10-11-4-2-1-3-5-11/h1-10H,(H,18,20)/b14-10+. The molecule has 21 heavy (non-hydrogen) atoms. The molecule has 1 saturated heterocycles. The van der Waals surface area contributed by atoms with E-state index in [0.717, 1.165) is 9.13 Å². The third-order valence-electron chi connectivity index (χ3n) is 3.09. The summed E-state index contributed by atoms with van der Waals surface area (Å²) in [6.45, 7) is 0. The molecule has 0 saturated carbocycles. The lowest BCUT2D eigenvalue weighted by Gasteiger charge is -2.14. The summed E-state index contributed by atoms with van der Waals surface area (Å²) in [4.78, 5) is 24.4. The normalized spacial score (nSPS) is 16.4. The molecule has 3 rings (SSSR count). The lowest BCUT2D eigenvalue weighted by Crippen LogP contribution is -2.35. The highest BCUT2D eigenvalue weighted by molar-refractivity contribution is 14.1. The van der Waals surface area contributed by atoms with Gasteiger partial charge in [0.15, 0.2) is 0 Å². The smallest absolute Gasteiger partial charge is 0.267 e. The number of carbonyl (C=O) groups is 2. The minimum Gasteiger partial charge on any atom is -0.267 e. The molecule has 2 amide bonds. The van der Waals surface area contributed by atoms with Gasteiger partial charge in [-0.05, 0) is 58.5 Å². The van der Waals surface area contributed by atoms with Crippen LogP contribution in [0, 0.1) is 3.57 Å². The van der Waals surface area contributed by atoms with Gasteiger partial charge in [0.05, 0.1) is 5.69 Å². The molecule has 2 aromatic carbocycles. The van der Waals surface area contributed by atoms with Crippen LogP contribution in [-0.4, -0.2) is 11.8 Å². The van der Waals surface area contributed by atoms with Gasteiger partial charge in [-0.25, -0.2) is 5.01 Å². The third kappa shape index (κ3) is 2.82. The van der Waals surface area contributed by atoms with Crippen LogP contribution in [0.25, 0.3) is 6.08 Å². The second-order valence-electron chi connectivity index (χ2n) is 4.53. The van der Waals surface area contributed by atoms with E-state index in [4.69, 9.17) is 0 Å². The van der Waals surface area contributed by atoms with E-state index in [1.165, 1.54) is 5.01 Å². The zero-order chi connectivity index (χ0) is 14.8. The Morgan fingerprint density at radius 3 is 2.29 bits per heavy atom. The summed E-state index contributed by atoms with van der Waals surface area (Å²) in [5.41, 5.74) is 4.19. The van der Waals surface area contributed by atoms with E-state index in [1.54, 1.807) is 18.2 Å². The van der Waals surface area contributed by atoms with Crippen molar-refractivity contribution in [2.45, 2.75) is 0 Å². The molecule has 0 aliphatic carbocycles. The number of hydrazine groups is 1. The van der Waals surface area contributed by atoms with E-state index in [1.807, 2.05) is 42.5 Å². The van der Waals surface area contributed by atoms with Crippen LogP contribution in [0.15, 0.2) is 60.2 Å². The van der Waals surface area contributed by atoms with E-state index < -0.39 is 0 Å². The number of halogens is 1. The second kappa shape index (κ2) is 5.69. The first-order valence-corrected chi connectivity index (χ1v) is 7.41. The number of hydrogen-bond donors (Lipinski definition) is 1. The number of nitrogens with zero attached hydrogens (tertiary/aromatic N) is 1. The number of rotatable bonds is 2. The van der Waals surface area contributed by atoms with Gasteiger partial charge in [-0.3, -0.25) is 15.0 Å². The highest BCUT2D eigenvalue weighted by Gasteiger charge is 2.34. The molecule has 5 heteroatoms. The van der Waals surface area contributed by atoms with Crippen LogP contribution < -0.4 is 10.4 Å². The van der Waals surface area contributed by atoms with Crippen molar-refractivity contribution in [2.75, 3.05) is 5.01 Å². The first kappa shape index (κ1) is 13.8. The number of hydrogen-bond acceptors (Lipinski definition) is 2. The molecule has 0 atom stereocenters. The summed E-state index contributed by atoms with van der Waals surface area (Å²) < 4.78 is 1.06. The van der Waals surface area contributed by atoms with Gasteiger partial charge in [-0.2, -0.15) is 0 Å². The molecule has 1 aliphatic rings. The highest BCUT2D eigenvalue weighted by atomic mass is 127. The molecule has 0 bridgehead atoms. The fourth-order valence-electron chi connectivity index (χ4n) is 2.05. The topological polar surface area (TPSA) is 49.4 Å². The monoisotopic (exact) mass is 390 g/mol. The number of anilines is 1. The van der Waals surface area contributed by atoms with Crippen LogP contribution in [0.4, 0.5) is 5.69 Å². The Morgan fingerprint density at radius 1 is 0.952 bits per heavy atom. The minimum atomic E-state index is -0.387. The Bertz CT molecular complexity index is 724.